The van der Waals surface area contributed by atoms with E-state index in [1.807, 2.05) is 36.1 Å². The topological polar surface area (TPSA) is 62.4 Å². The van der Waals surface area contributed by atoms with Crippen LogP contribution in [-0.4, -0.2) is 39.9 Å². The van der Waals surface area contributed by atoms with Gasteiger partial charge in [-0.3, -0.25) is 4.90 Å². The molecule has 0 aliphatic carbocycles. The Morgan fingerprint density at radius 1 is 1.40 bits per heavy atom. The summed E-state index contributed by atoms with van der Waals surface area (Å²) in [6.45, 7) is 7.53. The molecule has 1 aromatic heterocycles. The van der Waals surface area contributed by atoms with Crippen molar-refractivity contribution in [3.63, 3.8) is 0 Å². The number of aryl methyl sites for hydroxylation is 1. The number of nitrogens with zero attached hydrogens (tertiary/aromatic N) is 3. The van der Waals surface area contributed by atoms with Gasteiger partial charge < -0.3 is 9.52 Å². The van der Waals surface area contributed by atoms with Crippen LogP contribution in [0.1, 0.15) is 11.5 Å². The molecule has 0 amide bonds. The fourth-order valence-electron chi connectivity index (χ4n) is 1.96. The summed E-state index contributed by atoms with van der Waals surface area (Å²) in [5.41, 5.74) is 2.07. The molecule has 5 nitrogen and oxygen atoms in total. The largest absolute Gasteiger partial charge is 0.419 e. The Balaban J connectivity index is 2.10. The average Bonchev–Trinajstić information content (AvgIpc) is 2.88. The van der Waals surface area contributed by atoms with Crippen molar-refractivity contribution >= 4 is 0 Å². The number of rotatable bonds is 7. The van der Waals surface area contributed by atoms with Crippen LogP contribution in [0.5, 0.6) is 0 Å². The summed E-state index contributed by atoms with van der Waals surface area (Å²) < 4.78 is 5.67. The Labute approximate surface area is 118 Å². The van der Waals surface area contributed by atoms with E-state index in [0.717, 1.165) is 11.1 Å². The van der Waals surface area contributed by atoms with Crippen LogP contribution in [0.2, 0.25) is 0 Å². The van der Waals surface area contributed by atoms with Gasteiger partial charge in [0.1, 0.15) is 0 Å². The van der Waals surface area contributed by atoms with Gasteiger partial charge in [-0.25, -0.2) is 0 Å². The standard InChI is InChI=1S/C15H19N3O2/c1-3-7-18(8-9-19)11-14-16-17-15(20-14)13-6-4-5-12(2)10-13/h3-6,10,19H,1,7-9,11H2,2H3. The van der Waals surface area contributed by atoms with Crippen molar-refractivity contribution < 1.29 is 9.52 Å². The van der Waals surface area contributed by atoms with E-state index in [9.17, 15) is 0 Å². The quantitative estimate of drug-likeness (QED) is 0.782. The van der Waals surface area contributed by atoms with E-state index >= 15 is 0 Å². The van der Waals surface area contributed by atoms with Gasteiger partial charge in [-0.05, 0) is 19.1 Å². The molecule has 1 heterocycles. The van der Waals surface area contributed by atoms with Crippen LogP contribution in [-0.2, 0) is 6.54 Å². The first-order valence-electron chi connectivity index (χ1n) is 6.56. The Morgan fingerprint density at radius 3 is 2.95 bits per heavy atom. The molecular formula is C15H19N3O2. The maximum atomic E-state index is 9.01. The summed E-state index contributed by atoms with van der Waals surface area (Å²) in [5.74, 6) is 1.06. The summed E-state index contributed by atoms with van der Waals surface area (Å²) in [7, 11) is 0. The molecule has 0 aliphatic rings. The molecule has 0 saturated heterocycles. The predicted molar refractivity (Wildman–Crippen MR) is 77.0 cm³/mol. The zero-order valence-corrected chi connectivity index (χ0v) is 11.6. The molecule has 2 rings (SSSR count). The first-order chi connectivity index (χ1) is 9.72. The fraction of sp³-hybridized carbons (Fsp3) is 0.333. The number of hydrogen-bond donors (Lipinski definition) is 1. The molecule has 106 valence electrons. The zero-order chi connectivity index (χ0) is 14.4. The highest BCUT2D eigenvalue weighted by molar-refractivity contribution is 5.53. The van der Waals surface area contributed by atoms with E-state index in [-0.39, 0.29) is 6.61 Å². The van der Waals surface area contributed by atoms with E-state index in [1.54, 1.807) is 6.08 Å². The molecule has 0 aliphatic heterocycles. The van der Waals surface area contributed by atoms with Gasteiger partial charge in [0, 0.05) is 18.7 Å². The lowest BCUT2D eigenvalue weighted by molar-refractivity contribution is 0.192. The van der Waals surface area contributed by atoms with Crippen LogP contribution in [0, 0.1) is 6.92 Å². The van der Waals surface area contributed by atoms with Crippen LogP contribution in [0.4, 0.5) is 0 Å². The lowest BCUT2D eigenvalue weighted by Gasteiger charge is -2.16. The monoisotopic (exact) mass is 273 g/mol. The van der Waals surface area contributed by atoms with E-state index in [1.165, 1.54) is 0 Å². The SMILES string of the molecule is C=CCN(CCO)Cc1nnc(-c2cccc(C)c2)o1. The van der Waals surface area contributed by atoms with E-state index < -0.39 is 0 Å². The van der Waals surface area contributed by atoms with Crippen molar-refractivity contribution in [1.29, 1.82) is 0 Å². The van der Waals surface area contributed by atoms with Crippen molar-refractivity contribution in [2.75, 3.05) is 19.7 Å². The van der Waals surface area contributed by atoms with E-state index in [0.29, 0.717) is 31.4 Å². The summed E-state index contributed by atoms with van der Waals surface area (Å²) in [5, 5.41) is 17.1. The molecule has 0 bridgehead atoms. The molecule has 0 unspecified atom stereocenters. The Morgan fingerprint density at radius 2 is 2.25 bits per heavy atom. The molecule has 0 saturated carbocycles. The fourth-order valence-corrected chi connectivity index (χ4v) is 1.96. The molecule has 0 fully saturated rings. The Hall–Kier alpha value is -1.98. The normalized spacial score (nSPS) is 10.9. The van der Waals surface area contributed by atoms with Gasteiger partial charge in [-0.2, -0.15) is 0 Å². The minimum atomic E-state index is 0.0900. The molecule has 0 atom stereocenters. The molecule has 1 N–H and O–H groups in total. The van der Waals surface area contributed by atoms with E-state index in [2.05, 4.69) is 16.8 Å². The van der Waals surface area contributed by atoms with E-state index in [4.69, 9.17) is 9.52 Å². The summed E-state index contributed by atoms with van der Waals surface area (Å²) in [6, 6.07) is 7.93. The lowest BCUT2D eigenvalue weighted by atomic mass is 10.1. The number of benzene rings is 1. The van der Waals surface area contributed by atoms with Gasteiger partial charge in [0.15, 0.2) is 0 Å². The van der Waals surface area contributed by atoms with Gasteiger partial charge in [0.05, 0.1) is 13.2 Å². The number of aromatic nitrogens is 2. The van der Waals surface area contributed by atoms with Crippen molar-refractivity contribution in [3.05, 3.63) is 48.4 Å². The number of aliphatic hydroxyl groups is 1. The third kappa shape index (κ3) is 3.76. The smallest absolute Gasteiger partial charge is 0.247 e. The van der Waals surface area contributed by atoms with Crippen molar-refractivity contribution in [2.45, 2.75) is 13.5 Å². The first-order valence-corrected chi connectivity index (χ1v) is 6.56. The summed E-state index contributed by atoms with van der Waals surface area (Å²) in [4.78, 5) is 1.99. The van der Waals surface area contributed by atoms with Crippen molar-refractivity contribution in [2.24, 2.45) is 0 Å². The minimum absolute atomic E-state index is 0.0900. The summed E-state index contributed by atoms with van der Waals surface area (Å²) >= 11 is 0. The van der Waals surface area contributed by atoms with Crippen molar-refractivity contribution in [1.82, 2.24) is 15.1 Å². The highest BCUT2D eigenvalue weighted by Gasteiger charge is 2.12. The third-order valence-electron chi connectivity index (χ3n) is 2.89. The molecule has 5 heteroatoms. The highest BCUT2D eigenvalue weighted by atomic mass is 16.4. The highest BCUT2D eigenvalue weighted by Crippen LogP contribution is 2.19. The van der Waals surface area contributed by atoms with Crippen LogP contribution >= 0.6 is 0 Å². The maximum absolute atomic E-state index is 9.01. The Bertz CT molecular complexity index is 566. The van der Waals surface area contributed by atoms with Crippen LogP contribution in [0.15, 0.2) is 41.3 Å². The van der Waals surface area contributed by atoms with Crippen LogP contribution in [0.25, 0.3) is 11.5 Å². The second kappa shape index (κ2) is 6.98. The molecule has 0 radical (unpaired) electrons. The van der Waals surface area contributed by atoms with Crippen LogP contribution in [0.3, 0.4) is 0 Å². The Kier molecular flexibility index (Phi) is 5.03. The van der Waals surface area contributed by atoms with Gasteiger partial charge in [-0.1, -0.05) is 23.8 Å². The number of aliphatic hydroxyl groups excluding tert-OH is 1. The average molecular weight is 273 g/mol. The van der Waals surface area contributed by atoms with Gasteiger partial charge >= 0.3 is 0 Å². The molecule has 1 aromatic carbocycles. The van der Waals surface area contributed by atoms with Crippen LogP contribution < -0.4 is 0 Å². The first kappa shape index (κ1) is 14.4. The second-order valence-corrected chi connectivity index (χ2v) is 4.62. The minimum Gasteiger partial charge on any atom is -0.419 e. The van der Waals surface area contributed by atoms with Gasteiger partial charge in [-0.15, -0.1) is 16.8 Å². The molecule has 2 aromatic rings. The number of hydrogen-bond acceptors (Lipinski definition) is 5. The molecule has 0 spiro atoms. The maximum Gasteiger partial charge on any atom is 0.247 e. The van der Waals surface area contributed by atoms with Crippen molar-refractivity contribution in [3.8, 4) is 11.5 Å². The molecular weight excluding hydrogens is 254 g/mol. The predicted octanol–water partition coefficient (Wildman–Crippen LogP) is 2.03. The van der Waals surface area contributed by atoms with Gasteiger partial charge in [0.25, 0.3) is 0 Å². The zero-order valence-electron chi connectivity index (χ0n) is 11.6. The van der Waals surface area contributed by atoms with Gasteiger partial charge in [0.2, 0.25) is 11.8 Å². The molecule has 20 heavy (non-hydrogen) atoms. The second-order valence-electron chi connectivity index (χ2n) is 4.62. The lowest BCUT2D eigenvalue weighted by Crippen LogP contribution is -2.26. The summed E-state index contributed by atoms with van der Waals surface area (Å²) in [6.07, 6.45) is 1.79. The third-order valence-corrected chi connectivity index (χ3v) is 2.89.